The lowest BCUT2D eigenvalue weighted by atomic mass is 10.1. The summed E-state index contributed by atoms with van der Waals surface area (Å²) >= 11 is 0. The van der Waals surface area contributed by atoms with E-state index in [9.17, 15) is 13.2 Å². The third-order valence-corrected chi connectivity index (χ3v) is 7.53. The highest BCUT2D eigenvalue weighted by Crippen LogP contribution is 2.32. The van der Waals surface area contributed by atoms with Gasteiger partial charge < -0.3 is 10.2 Å². The summed E-state index contributed by atoms with van der Waals surface area (Å²) < 4.78 is 27.4. The molecule has 1 fully saturated rings. The number of hydrogen-bond donors (Lipinski definition) is 1. The number of benzene rings is 2. The topological polar surface area (TPSA) is 93.5 Å². The fourth-order valence-corrected chi connectivity index (χ4v) is 5.22. The van der Waals surface area contributed by atoms with Gasteiger partial charge in [0.15, 0.2) is 0 Å². The monoisotopic (exact) mass is 452 g/mol. The summed E-state index contributed by atoms with van der Waals surface area (Å²) in [5.41, 5.74) is 2.64. The molecule has 2 aromatic rings. The van der Waals surface area contributed by atoms with Crippen molar-refractivity contribution in [2.75, 3.05) is 36.4 Å². The summed E-state index contributed by atoms with van der Waals surface area (Å²) in [5, 5.41) is 11.8. The fraction of sp³-hybridized carbons (Fsp3) is 0.333. The molecular weight excluding hydrogens is 424 g/mol. The first-order chi connectivity index (χ1) is 15.4. The van der Waals surface area contributed by atoms with Crippen molar-refractivity contribution in [3.63, 3.8) is 0 Å². The third-order valence-electron chi connectivity index (χ3n) is 5.48. The Kier molecular flexibility index (Phi) is 7.67. The van der Waals surface area contributed by atoms with Crippen LogP contribution in [0.5, 0.6) is 0 Å². The predicted molar refractivity (Wildman–Crippen MR) is 127 cm³/mol. The molecular formula is C24H28N4O3S. The number of nitrogens with zero attached hydrogens (tertiary/aromatic N) is 3. The molecule has 1 aliphatic heterocycles. The second-order valence-electron chi connectivity index (χ2n) is 7.52. The largest absolute Gasteiger partial charge is 0.370 e. The predicted octanol–water partition coefficient (Wildman–Crippen LogP) is 3.84. The molecule has 3 rings (SSSR count). The van der Waals surface area contributed by atoms with Crippen molar-refractivity contribution in [1.29, 1.82) is 5.26 Å². The van der Waals surface area contributed by atoms with Gasteiger partial charge >= 0.3 is 0 Å². The highest BCUT2D eigenvalue weighted by Gasteiger charge is 2.24. The van der Waals surface area contributed by atoms with Gasteiger partial charge in [-0.25, -0.2) is 8.42 Å². The van der Waals surface area contributed by atoms with Gasteiger partial charge in [-0.15, -0.1) is 0 Å². The van der Waals surface area contributed by atoms with Crippen LogP contribution in [0.15, 0.2) is 53.4 Å². The SMILES string of the molecule is CCN(CC)S(=O)(=O)c1ccc(N2CCCC2)c(NC(=O)/C=C/c2ccc(C#N)cc2)c1. The number of nitrogens with one attached hydrogen (secondary N) is 1. The van der Waals surface area contributed by atoms with Gasteiger partial charge in [0.05, 0.1) is 27.9 Å². The van der Waals surface area contributed by atoms with Crippen LogP contribution in [0.25, 0.3) is 6.08 Å². The molecule has 2 aromatic carbocycles. The lowest BCUT2D eigenvalue weighted by molar-refractivity contribution is -0.111. The molecule has 7 nitrogen and oxygen atoms in total. The molecule has 8 heteroatoms. The standard InChI is InChI=1S/C24H28N4O3S/c1-3-28(4-2)32(30,31)21-12-13-23(27-15-5-6-16-27)22(17-21)26-24(29)14-11-19-7-9-20(18-25)10-8-19/h7-14,17H,3-6,15-16H2,1-2H3,(H,26,29)/b14-11+. The lowest BCUT2D eigenvalue weighted by Crippen LogP contribution is -2.31. The molecule has 0 aliphatic carbocycles. The first kappa shape index (κ1) is 23.5. The van der Waals surface area contributed by atoms with Gasteiger partial charge in [-0.1, -0.05) is 26.0 Å². The van der Waals surface area contributed by atoms with Crippen LogP contribution in [-0.2, 0) is 14.8 Å². The van der Waals surface area contributed by atoms with Gasteiger partial charge in [-0.05, 0) is 54.8 Å². The maximum Gasteiger partial charge on any atom is 0.248 e. The first-order valence-electron chi connectivity index (χ1n) is 10.8. The zero-order valence-corrected chi connectivity index (χ0v) is 19.2. The van der Waals surface area contributed by atoms with Crippen LogP contribution >= 0.6 is 0 Å². The Morgan fingerprint density at radius 3 is 2.38 bits per heavy atom. The van der Waals surface area contributed by atoms with Crippen LogP contribution in [0, 0.1) is 11.3 Å². The Labute approximate surface area is 190 Å². The molecule has 0 saturated carbocycles. The second kappa shape index (κ2) is 10.4. The molecule has 32 heavy (non-hydrogen) atoms. The Balaban J connectivity index is 1.88. The van der Waals surface area contributed by atoms with Crippen LogP contribution in [0.1, 0.15) is 37.8 Å². The number of nitriles is 1. The molecule has 0 bridgehead atoms. The van der Waals surface area contributed by atoms with E-state index in [1.807, 2.05) is 0 Å². The van der Waals surface area contributed by atoms with Crippen LogP contribution in [-0.4, -0.2) is 44.8 Å². The average molecular weight is 453 g/mol. The maximum absolute atomic E-state index is 13.0. The van der Waals surface area contributed by atoms with Crippen LogP contribution in [0.2, 0.25) is 0 Å². The van der Waals surface area contributed by atoms with Crippen LogP contribution in [0.4, 0.5) is 11.4 Å². The molecule has 168 valence electrons. The Bertz CT molecular complexity index is 1120. The van der Waals surface area contributed by atoms with Crippen molar-refractivity contribution < 1.29 is 13.2 Å². The molecule has 1 aliphatic rings. The summed E-state index contributed by atoms with van der Waals surface area (Å²) in [6, 6.07) is 13.9. The molecule has 0 radical (unpaired) electrons. The molecule has 1 saturated heterocycles. The van der Waals surface area contributed by atoms with Gasteiger partial charge in [0.25, 0.3) is 0 Å². The van der Waals surface area contributed by atoms with E-state index in [1.165, 1.54) is 10.4 Å². The average Bonchev–Trinajstić information content (AvgIpc) is 3.33. The van der Waals surface area contributed by atoms with Crippen molar-refractivity contribution in [3.05, 3.63) is 59.7 Å². The van der Waals surface area contributed by atoms with Gasteiger partial charge in [0.1, 0.15) is 0 Å². The summed E-state index contributed by atoms with van der Waals surface area (Å²) in [5.74, 6) is -0.354. The molecule has 0 spiro atoms. The minimum atomic E-state index is -3.64. The fourth-order valence-electron chi connectivity index (χ4n) is 3.74. The number of sulfonamides is 1. The third kappa shape index (κ3) is 5.36. The number of amides is 1. The van der Waals surface area contributed by atoms with Gasteiger partial charge in [0.2, 0.25) is 15.9 Å². The first-order valence-corrected chi connectivity index (χ1v) is 12.2. The van der Waals surface area contributed by atoms with E-state index >= 15 is 0 Å². The maximum atomic E-state index is 13.0. The van der Waals surface area contributed by atoms with Crippen molar-refractivity contribution in [3.8, 4) is 6.07 Å². The number of carbonyl (C=O) groups excluding carboxylic acids is 1. The molecule has 0 aromatic heterocycles. The van der Waals surface area contributed by atoms with Crippen LogP contribution in [0.3, 0.4) is 0 Å². The molecule has 1 N–H and O–H groups in total. The van der Waals surface area contributed by atoms with E-state index in [0.717, 1.165) is 37.2 Å². The number of hydrogen-bond acceptors (Lipinski definition) is 5. The van der Waals surface area contributed by atoms with E-state index in [1.54, 1.807) is 62.4 Å². The minimum Gasteiger partial charge on any atom is -0.370 e. The molecule has 1 amide bonds. The van der Waals surface area contributed by atoms with E-state index in [0.29, 0.717) is 24.3 Å². The summed E-state index contributed by atoms with van der Waals surface area (Å²) in [6.07, 6.45) is 5.18. The summed E-state index contributed by atoms with van der Waals surface area (Å²) in [7, 11) is -3.64. The van der Waals surface area contributed by atoms with E-state index in [2.05, 4.69) is 16.3 Å². The quantitative estimate of drug-likeness (QED) is 0.614. The zero-order chi connectivity index (χ0) is 23.1. The van der Waals surface area contributed by atoms with Gasteiger partial charge in [-0.2, -0.15) is 9.57 Å². The van der Waals surface area contributed by atoms with Crippen molar-refractivity contribution in [1.82, 2.24) is 4.31 Å². The molecule has 0 atom stereocenters. The Morgan fingerprint density at radius 2 is 1.78 bits per heavy atom. The van der Waals surface area contributed by atoms with Gasteiger partial charge in [-0.3, -0.25) is 4.79 Å². The van der Waals surface area contributed by atoms with Crippen molar-refractivity contribution in [2.24, 2.45) is 0 Å². The van der Waals surface area contributed by atoms with Crippen LogP contribution < -0.4 is 10.2 Å². The number of rotatable bonds is 8. The number of anilines is 2. The highest BCUT2D eigenvalue weighted by atomic mass is 32.2. The normalized spacial score (nSPS) is 14.1. The lowest BCUT2D eigenvalue weighted by Gasteiger charge is -2.24. The van der Waals surface area contributed by atoms with Gasteiger partial charge in [0, 0.05) is 32.3 Å². The molecule has 1 heterocycles. The Morgan fingerprint density at radius 1 is 1.12 bits per heavy atom. The van der Waals surface area contributed by atoms with E-state index in [4.69, 9.17) is 5.26 Å². The smallest absolute Gasteiger partial charge is 0.248 e. The van der Waals surface area contributed by atoms with Crippen molar-refractivity contribution in [2.45, 2.75) is 31.6 Å². The Hall–Kier alpha value is -3.15. The molecule has 0 unspecified atom stereocenters. The zero-order valence-electron chi connectivity index (χ0n) is 18.4. The summed E-state index contributed by atoms with van der Waals surface area (Å²) in [4.78, 5) is 15.0. The highest BCUT2D eigenvalue weighted by molar-refractivity contribution is 7.89. The van der Waals surface area contributed by atoms with Crippen molar-refractivity contribution >= 4 is 33.4 Å². The summed E-state index contributed by atoms with van der Waals surface area (Å²) in [6.45, 7) is 6.09. The van der Waals surface area contributed by atoms with E-state index < -0.39 is 10.0 Å². The van der Waals surface area contributed by atoms with E-state index in [-0.39, 0.29) is 10.8 Å². The number of carbonyl (C=O) groups is 1. The second-order valence-corrected chi connectivity index (χ2v) is 9.46. The minimum absolute atomic E-state index is 0.163.